The molecule has 4 heteroatoms. The predicted octanol–water partition coefficient (Wildman–Crippen LogP) is 1.55. The monoisotopic (exact) mass is 232 g/mol. The SMILES string of the molecule is CCCC(=O)Nc1cc(C#CCCO)ccn1. The second kappa shape index (κ2) is 7.42. The van der Waals surface area contributed by atoms with Crippen LogP contribution in [0.4, 0.5) is 5.82 Å². The van der Waals surface area contributed by atoms with Crippen molar-refractivity contribution >= 4 is 11.7 Å². The molecule has 17 heavy (non-hydrogen) atoms. The molecule has 0 unspecified atom stereocenters. The number of anilines is 1. The first kappa shape index (κ1) is 13.2. The van der Waals surface area contributed by atoms with Gasteiger partial charge in [-0.2, -0.15) is 0 Å². The first-order valence-corrected chi connectivity index (χ1v) is 5.62. The number of hydrogen-bond donors (Lipinski definition) is 2. The molecule has 90 valence electrons. The number of nitrogens with one attached hydrogen (secondary N) is 1. The Hall–Kier alpha value is -1.86. The van der Waals surface area contributed by atoms with E-state index in [4.69, 9.17) is 5.11 Å². The summed E-state index contributed by atoms with van der Waals surface area (Å²) in [6.45, 7) is 2.00. The van der Waals surface area contributed by atoms with Crippen LogP contribution in [0, 0.1) is 11.8 Å². The van der Waals surface area contributed by atoms with Crippen LogP contribution in [-0.2, 0) is 4.79 Å². The summed E-state index contributed by atoms with van der Waals surface area (Å²) >= 11 is 0. The molecular formula is C13H16N2O2. The van der Waals surface area contributed by atoms with Crippen molar-refractivity contribution in [3.63, 3.8) is 0 Å². The van der Waals surface area contributed by atoms with E-state index in [2.05, 4.69) is 22.1 Å². The zero-order chi connectivity index (χ0) is 12.5. The minimum atomic E-state index is -0.0412. The summed E-state index contributed by atoms with van der Waals surface area (Å²) in [6.07, 6.45) is 3.34. The smallest absolute Gasteiger partial charge is 0.225 e. The fraction of sp³-hybridized carbons (Fsp3) is 0.385. The average Bonchev–Trinajstić information content (AvgIpc) is 2.30. The van der Waals surface area contributed by atoms with Gasteiger partial charge in [0, 0.05) is 24.6 Å². The van der Waals surface area contributed by atoms with Gasteiger partial charge in [0.15, 0.2) is 0 Å². The van der Waals surface area contributed by atoms with E-state index in [1.165, 1.54) is 0 Å². The zero-order valence-corrected chi connectivity index (χ0v) is 9.86. The average molecular weight is 232 g/mol. The Kier molecular flexibility index (Phi) is 5.76. The van der Waals surface area contributed by atoms with E-state index in [1.807, 2.05) is 6.92 Å². The Labute approximate surface area is 101 Å². The fourth-order valence-electron chi connectivity index (χ4n) is 1.23. The van der Waals surface area contributed by atoms with E-state index < -0.39 is 0 Å². The normalized spacial score (nSPS) is 9.29. The van der Waals surface area contributed by atoms with Crippen LogP contribution in [0.1, 0.15) is 31.7 Å². The Balaban J connectivity index is 2.66. The summed E-state index contributed by atoms with van der Waals surface area (Å²) in [4.78, 5) is 15.4. The number of hydrogen-bond acceptors (Lipinski definition) is 3. The van der Waals surface area contributed by atoms with Crippen molar-refractivity contribution in [1.82, 2.24) is 4.98 Å². The van der Waals surface area contributed by atoms with Gasteiger partial charge >= 0.3 is 0 Å². The van der Waals surface area contributed by atoms with Gasteiger partial charge in [0.1, 0.15) is 5.82 Å². The van der Waals surface area contributed by atoms with Gasteiger partial charge in [0.05, 0.1) is 6.61 Å². The lowest BCUT2D eigenvalue weighted by Gasteiger charge is -2.02. The summed E-state index contributed by atoms with van der Waals surface area (Å²) in [7, 11) is 0. The van der Waals surface area contributed by atoms with Crippen molar-refractivity contribution in [2.45, 2.75) is 26.2 Å². The Bertz CT molecular complexity index is 433. The highest BCUT2D eigenvalue weighted by atomic mass is 16.2. The number of carbonyl (C=O) groups excluding carboxylic acids is 1. The molecule has 0 saturated heterocycles. The van der Waals surface area contributed by atoms with Gasteiger partial charge in [-0.05, 0) is 18.6 Å². The highest BCUT2D eigenvalue weighted by Gasteiger charge is 2.01. The molecular weight excluding hydrogens is 216 g/mol. The number of aliphatic hydroxyl groups excluding tert-OH is 1. The summed E-state index contributed by atoms with van der Waals surface area (Å²) < 4.78 is 0. The van der Waals surface area contributed by atoms with Crippen LogP contribution in [-0.4, -0.2) is 22.6 Å². The molecule has 1 heterocycles. The molecule has 1 aromatic heterocycles. The number of aliphatic hydroxyl groups is 1. The highest BCUT2D eigenvalue weighted by molar-refractivity contribution is 5.89. The van der Waals surface area contributed by atoms with Gasteiger partial charge < -0.3 is 10.4 Å². The molecule has 0 radical (unpaired) electrons. The van der Waals surface area contributed by atoms with E-state index in [9.17, 15) is 4.79 Å². The van der Waals surface area contributed by atoms with E-state index in [0.29, 0.717) is 18.7 Å². The Morgan fingerprint density at radius 3 is 3.12 bits per heavy atom. The van der Waals surface area contributed by atoms with Crippen molar-refractivity contribution < 1.29 is 9.90 Å². The molecule has 1 amide bonds. The van der Waals surface area contributed by atoms with Crippen molar-refractivity contribution in [2.24, 2.45) is 0 Å². The summed E-state index contributed by atoms with van der Waals surface area (Å²) in [5.74, 6) is 6.18. The lowest BCUT2D eigenvalue weighted by molar-refractivity contribution is -0.116. The summed E-state index contributed by atoms with van der Waals surface area (Å²) in [6, 6.07) is 3.48. The minimum absolute atomic E-state index is 0.0412. The van der Waals surface area contributed by atoms with E-state index in [1.54, 1.807) is 18.3 Å². The molecule has 1 rings (SSSR count). The molecule has 0 aliphatic rings. The third-order valence-corrected chi connectivity index (χ3v) is 1.97. The molecule has 0 spiro atoms. The van der Waals surface area contributed by atoms with Gasteiger partial charge in [0.25, 0.3) is 0 Å². The van der Waals surface area contributed by atoms with Crippen molar-refractivity contribution in [3.8, 4) is 11.8 Å². The number of carbonyl (C=O) groups is 1. The molecule has 0 fully saturated rings. The van der Waals surface area contributed by atoms with Crippen LogP contribution in [0.5, 0.6) is 0 Å². The number of pyridine rings is 1. The molecule has 0 atom stereocenters. The summed E-state index contributed by atoms with van der Waals surface area (Å²) in [5, 5.41) is 11.3. The standard InChI is InChI=1S/C13H16N2O2/c1-2-5-13(17)15-12-10-11(7-8-14-12)6-3-4-9-16/h7-8,10,16H,2,4-5,9H2,1H3,(H,14,15,17). The second-order valence-electron chi connectivity index (χ2n) is 3.50. The molecule has 0 aliphatic carbocycles. The molecule has 0 aromatic carbocycles. The lowest BCUT2D eigenvalue weighted by atomic mass is 10.2. The summed E-state index contributed by atoms with van der Waals surface area (Å²) in [5.41, 5.74) is 0.778. The van der Waals surface area contributed by atoms with Gasteiger partial charge in [-0.15, -0.1) is 0 Å². The number of amides is 1. The fourth-order valence-corrected chi connectivity index (χ4v) is 1.23. The maximum absolute atomic E-state index is 11.4. The molecule has 4 nitrogen and oxygen atoms in total. The Morgan fingerprint density at radius 2 is 2.41 bits per heavy atom. The number of aromatic nitrogens is 1. The van der Waals surface area contributed by atoms with Crippen LogP contribution in [0.3, 0.4) is 0 Å². The second-order valence-corrected chi connectivity index (χ2v) is 3.50. The van der Waals surface area contributed by atoms with E-state index in [-0.39, 0.29) is 12.5 Å². The maximum Gasteiger partial charge on any atom is 0.225 e. The highest BCUT2D eigenvalue weighted by Crippen LogP contribution is 2.06. The van der Waals surface area contributed by atoms with Gasteiger partial charge in [-0.25, -0.2) is 4.98 Å². The number of rotatable bonds is 4. The number of nitrogens with zero attached hydrogens (tertiary/aromatic N) is 1. The molecule has 2 N–H and O–H groups in total. The third-order valence-electron chi connectivity index (χ3n) is 1.97. The van der Waals surface area contributed by atoms with E-state index >= 15 is 0 Å². The largest absolute Gasteiger partial charge is 0.395 e. The van der Waals surface area contributed by atoms with Gasteiger partial charge in [-0.3, -0.25) is 4.79 Å². The van der Waals surface area contributed by atoms with Crippen molar-refractivity contribution in [1.29, 1.82) is 0 Å². The lowest BCUT2D eigenvalue weighted by Crippen LogP contribution is -2.11. The van der Waals surface area contributed by atoms with Crippen LogP contribution in [0.25, 0.3) is 0 Å². The van der Waals surface area contributed by atoms with E-state index in [0.717, 1.165) is 12.0 Å². The Morgan fingerprint density at radius 1 is 1.59 bits per heavy atom. The van der Waals surface area contributed by atoms with Crippen molar-refractivity contribution in [2.75, 3.05) is 11.9 Å². The zero-order valence-electron chi connectivity index (χ0n) is 9.86. The predicted molar refractivity (Wildman–Crippen MR) is 66.4 cm³/mol. The topological polar surface area (TPSA) is 62.2 Å². The third kappa shape index (κ3) is 5.14. The van der Waals surface area contributed by atoms with Crippen LogP contribution >= 0.6 is 0 Å². The molecule has 1 aromatic rings. The minimum Gasteiger partial charge on any atom is -0.395 e. The quantitative estimate of drug-likeness (QED) is 0.774. The van der Waals surface area contributed by atoms with Crippen molar-refractivity contribution in [3.05, 3.63) is 23.9 Å². The van der Waals surface area contributed by atoms with Gasteiger partial charge in [0.2, 0.25) is 5.91 Å². The molecule has 0 bridgehead atoms. The maximum atomic E-state index is 11.4. The first-order chi connectivity index (χ1) is 8.26. The first-order valence-electron chi connectivity index (χ1n) is 5.62. The van der Waals surface area contributed by atoms with Crippen LogP contribution in [0.15, 0.2) is 18.3 Å². The molecule has 0 saturated carbocycles. The van der Waals surface area contributed by atoms with Crippen LogP contribution < -0.4 is 5.32 Å². The van der Waals surface area contributed by atoms with Gasteiger partial charge in [-0.1, -0.05) is 18.8 Å². The molecule has 0 aliphatic heterocycles. The van der Waals surface area contributed by atoms with Crippen LogP contribution in [0.2, 0.25) is 0 Å².